The van der Waals surface area contributed by atoms with Crippen molar-refractivity contribution < 1.29 is 4.92 Å². The van der Waals surface area contributed by atoms with Crippen LogP contribution >= 0.6 is 12.4 Å². The lowest BCUT2D eigenvalue weighted by atomic mass is 10.2. The van der Waals surface area contributed by atoms with Gasteiger partial charge in [0, 0.05) is 11.6 Å². The highest BCUT2D eigenvalue weighted by Gasteiger charge is 2.05. The lowest BCUT2D eigenvalue weighted by Gasteiger charge is -1.92. The highest BCUT2D eigenvalue weighted by molar-refractivity contribution is 5.85. The molecule has 0 heterocycles. The monoisotopic (exact) mass is 173 g/mol. The summed E-state index contributed by atoms with van der Waals surface area (Å²) in [5.41, 5.74) is 0.884. The first kappa shape index (κ1) is 9.91. The van der Waals surface area contributed by atoms with Gasteiger partial charge in [-0.25, -0.2) is 0 Å². The molecule has 0 aliphatic rings. The van der Waals surface area contributed by atoms with E-state index in [0.29, 0.717) is 5.56 Å². The van der Waals surface area contributed by atoms with E-state index in [-0.39, 0.29) is 23.0 Å². The molecular formula is C7H8ClNO2. The van der Waals surface area contributed by atoms with Crippen LogP contribution in [0.1, 0.15) is 5.56 Å². The molecule has 0 spiro atoms. The Kier molecular flexibility index (Phi) is 3.54. The van der Waals surface area contributed by atoms with E-state index in [1.165, 1.54) is 6.07 Å². The Balaban J connectivity index is 0.000001000. The van der Waals surface area contributed by atoms with Gasteiger partial charge in [-0.05, 0) is 6.92 Å². The van der Waals surface area contributed by atoms with Crippen LogP contribution in [-0.4, -0.2) is 4.92 Å². The van der Waals surface area contributed by atoms with Crippen molar-refractivity contribution in [3.8, 4) is 0 Å². The molecule has 3 nitrogen and oxygen atoms in total. The Morgan fingerprint density at radius 1 is 1.36 bits per heavy atom. The van der Waals surface area contributed by atoms with Crippen LogP contribution in [0.2, 0.25) is 0 Å². The van der Waals surface area contributed by atoms with Gasteiger partial charge >= 0.3 is 0 Å². The van der Waals surface area contributed by atoms with Gasteiger partial charge in [0.2, 0.25) is 0 Å². The number of aryl methyl sites for hydroxylation is 1. The summed E-state index contributed by atoms with van der Waals surface area (Å²) < 4.78 is 0. The lowest BCUT2D eigenvalue weighted by Crippen LogP contribution is -1.89. The van der Waals surface area contributed by atoms with Gasteiger partial charge in [-0.1, -0.05) is 18.2 Å². The number of hydrogen-bond acceptors (Lipinski definition) is 2. The molecule has 0 aliphatic heterocycles. The van der Waals surface area contributed by atoms with Crippen molar-refractivity contribution in [3.05, 3.63) is 39.9 Å². The minimum atomic E-state index is -0.380. The molecule has 1 aromatic carbocycles. The quantitative estimate of drug-likeness (QED) is 0.483. The second kappa shape index (κ2) is 3.93. The SMILES string of the molecule is Cc1ccccc1[N+](=O)[O-].Cl. The molecule has 1 rings (SSSR count). The molecule has 60 valence electrons. The van der Waals surface area contributed by atoms with Gasteiger partial charge in [-0.15, -0.1) is 12.4 Å². The van der Waals surface area contributed by atoms with Crippen LogP contribution in [0.15, 0.2) is 24.3 Å². The van der Waals surface area contributed by atoms with Crippen molar-refractivity contribution in [2.24, 2.45) is 0 Å². The zero-order valence-corrected chi connectivity index (χ0v) is 6.80. The molecule has 1 aromatic rings. The summed E-state index contributed by atoms with van der Waals surface area (Å²) in [7, 11) is 0. The number of hydrogen-bond donors (Lipinski definition) is 0. The fourth-order valence-electron chi connectivity index (χ4n) is 0.768. The second-order valence-corrected chi connectivity index (χ2v) is 2.04. The average molecular weight is 174 g/mol. The van der Waals surface area contributed by atoms with Crippen molar-refractivity contribution >= 4 is 18.1 Å². The normalized spacial score (nSPS) is 8.45. The van der Waals surface area contributed by atoms with Crippen molar-refractivity contribution in [1.82, 2.24) is 0 Å². The first-order valence-corrected chi connectivity index (χ1v) is 2.92. The molecule has 0 bridgehead atoms. The number of nitro benzene ring substituents is 1. The average Bonchev–Trinajstić information content (AvgIpc) is 1.88. The predicted molar refractivity (Wildman–Crippen MR) is 45.1 cm³/mol. The lowest BCUT2D eigenvalue weighted by molar-refractivity contribution is -0.385. The van der Waals surface area contributed by atoms with Crippen LogP contribution < -0.4 is 0 Å². The Morgan fingerprint density at radius 3 is 2.27 bits per heavy atom. The number of nitro groups is 1. The van der Waals surface area contributed by atoms with Crippen molar-refractivity contribution in [2.45, 2.75) is 6.92 Å². The summed E-state index contributed by atoms with van der Waals surface area (Å²) in [6, 6.07) is 6.65. The fourth-order valence-corrected chi connectivity index (χ4v) is 0.768. The third-order valence-corrected chi connectivity index (χ3v) is 1.31. The third kappa shape index (κ3) is 2.20. The number of halogens is 1. The minimum Gasteiger partial charge on any atom is -0.258 e. The van der Waals surface area contributed by atoms with Gasteiger partial charge in [0.15, 0.2) is 0 Å². The van der Waals surface area contributed by atoms with E-state index in [4.69, 9.17) is 0 Å². The maximum absolute atomic E-state index is 10.2. The summed E-state index contributed by atoms with van der Waals surface area (Å²) in [5.74, 6) is 0. The van der Waals surface area contributed by atoms with Crippen LogP contribution in [0.3, 0.4) is 0 Å². The Hall–Kier alpha value is -1.09. The molecule has 0 N–H and O–H groups in total. The minimum absolute atomic E-state index is 0. The fraction of sp³-hybridized carbons (Fsp3) is 0.143. The largest absolute Gasteiger partial charge is 0.272 e. The predicted octanol–water partition coefficient (Wildman–Crippen LogP) is 2.33. The van der Waals surface area contributed by atoms with E-state index in [1.54, 1.807) is 25.1 Å². The maximum Gasteiger partial charge on any atom is 0.272 e. The molecule has 0 atom stereocenters. The zero-order valence-electron chi connectivity index (χ0n) is 5.98. The molecule has 0 unspecified atom stereocenters. The van der Waals surface area contributed by atoms with Crippen molar-refractivity contribution in [3.63, 3.8) is 0 Å². The van der Waals surface area contributed by atoms with Gasteiger partial charge < -0.3 is 0 Å². The number of nitrogens with zero attached hydrogens (tertiary/aromatic N) is 1. The van der Waals surface area contributed by atoms with Crippen LogP contribution in [0, 0.1) is 17.0 Å². The number of rotatable bonds is 1. The van der Waals surface area contributed by atoms with Crippen molar-refractivity contribution in [2.75, 3.05) is 0 Å². The Morgan fingerprint density at radius 2 is 1.91 bits per heavy atom. The summed E-state index contributed by atoms with van der Waals surface area (Å²) in [4.78, 5) is 9.85. The van der Waals surface area contributed by atoms with Crippen molar-refractivity contribution in [1.29, 1.82) is 0 Å². The molecule has 4 heteroatoms. The molecule has 0 radical (unpaired) electrons. The molecule has 0 aromatic heterocycles. The van der Waals surface area contributed by atoms with Crippen LogP contribution in [0.4, 0.5) is 5.69 Å². The van der Waals surface area contributed by atoms with Gasteiger partial charge in [-0.2, -0.15) is 0 Å². The zero-order chi connectivity index (χ0) is 7.56. The van der Waals surface area contributed by atoms with E-state index in [9.17, 15) is 10.1 Å². The summed E-state index contributed by atoms with van der Waals surface area (Å²) in [6.07, 6.45) is 0. The number of para-hydroxylation sites is 1. The highest BCUT2D eigenvalue weighted by atomic mass is 35.5. The van der Waals surface area contributed by atoms with Gasteiger partial charge in [-0.3, -0.25) is 10.1 Å². The standard InChI is InChI=1S/C7H7NO2.ClH/c1-6-4-2-3-5-7(6)8(9)10;/h2-5H,1H3;1H. The molecule has 0 aliphatic carbocycles. The molecule has 0 saturated carbocycles. The molecule has 0 amide bonds. The Bertz CT molecular complexity index is 262. The summed E-state index contributed by atoms with van der Waals surface area (Å²) in [5, 5.41) is 10.2. The van der Waals surface area contributed by atoms with E-state index in [0.717, 1.165) is 0 Å². The highest BCUT2D eigenvalue weighted by Crippen LogP contribution is 2.14. The first-order chi connectivity index (χ1) is 4.72. The van der Waals surface area contributed by atoms with Crippen LogP contribution in [0.5, 0.6) is 0 Å². The smallest absolute Gasteiger partial charge is 0.258 e. The number of benzene rings is 1. The van der Waals surface area contributed by atoms with Crippen LogP contribution in [0.25, 0.3) is 0 Å². The van der Waals surface area contributed by atoms with E-state index in [2.05, 4.69) is 0 Å². The summed E-state index contributed by atoms with van der Waals surface area (Å²) >= 11 is 0. The maximum atomic E-state index is 10.2. The third-order valence-electron chi connectivity index (χ3n) is 1.31. The Labute approximate surface area is 70.6 Å². The second-order valence-electron chi connectivity index (χ2n) is 2.04. The van der Waals surface area contributed by atoms with Gasteiger partial charge in [0.25, 0.3) is 5.69 Å². The molecule has 0 fully saturated rings. The molecule has 11 heavy (non-hydrogen) atoms. The van der Waals surface area contributed by atoms with E-state index >= 15 is 0 Å². The van der Waals surface area contributed by atoms with Gasteiger partial charge in [0.05, 0.1) is 4.92 Å². The summed E-state index contributed by atoms with van der Waals surface area (Å²) in [6.45, 7) is 1.72. The van der Waals surface area contributed by atoms with Crippen LogP contribution in [-0.2, 0) is 0 Å². The van der Waals surface area contributed by atoms with E-state index < -0.39 is 0 Å². The van der Waals surface area contributed by atoms with Gasteiger partial charge in [0.1, 0.15) is 0 Å². The first-order valence-electron chi connectivity index (χ1n) is 2.92. The molecular weight excluding hydrogens is 166 g/mol. The van der Waals surface area contributed by atoms with E-state index in [1.807, 2.05) is 0 Å². The molecule has 0 saturated heterocycles. The topological polar surface area (TPSA) is 43.1 Å².